The number of hydrogen-bond acceptors (Lipinski definition) is 3. The molecule has 160 valence electrons. The van der Waals surface area contributed by atoms with Crippen molar-refractivity contribution in [2.75, 3.05) is 11.9 Å². The number of carbonyl (C=O) groups is 1. The van der Waals surface area contributed by atoms with Crippen LogP contribution >= 0.6 is 0 Å². The molecule has 0 heterocycles. The molecule has 0 aliphatic rings. The van der Waals surface area contributed by atoms with Gasteiger partial charge in [-0.2, -0.15) is 0 Å². The molecule has 0 aliphatic heterocycles. The van der Waals surface area contributed by atoms with E-state index in [1.54, 1.807) is 0 Å². The molecule has 0 radical (unpaired) electrons. The molecular formula is C25H37NO3. The predicted molar refractivity (Wildman–Crippen MR) is 122 cm³/mol. The standard InChI is InChI=1S/C25H37NO3/c1-6-9-12-17-25(5,28-18-7-2)24(27)26-22-15-16-23(29-19(4)8-3)21-14-11-10-13-20(21)22/h10-11,13-16,19H,6-9,12,17-18H2,1-5H3,(H,26,27)/t19-,25-/m1/s1. The summed E-state index contributed by atoms with van der Waals surface area (Å²) in [6.07, 6.45) is 5.89. The maximum Gasteiger partial charge on any atom is 0.256 e. The van der Waals surface area contributed by atoms with Crippen molar-refractivity contribution in [3.63, 3.8) is 0 Å². The molecule has 0 aliphatic carbocycles. The maximum atomic E-state index is 13.2. The lowest BCUT2D eigenvalue weighted by Crippen LogP contribution is -2.43. The molecule has 0 spiro atoms. The quantitative estimate of drug-likeness (QED) is 0.403. The van der Waals surface area contributed by atoms with Crippen molar-refractivity contribution in [2.24, 2.45) is 0 Å². The van der Waals surface area contributed by atoms with Crippen LogP contribution in [-0.2, 0) is 9.53 Å². The molecule has 0 unspecified atom stereocenters. The molecule has 0 saturated heterocycles. The smallest absolute Gasteiger partial charge is 0.256 e. The van der Waals surface area contributed by atoms with Crippen LogP contribution in [-0.4, -0.2) is 24.2 Å². The zero-order valence-corrected chi connectivity index (χ0v) is 18.7. The maximum absolute atomic E-state index is 13.2. The van der Waals surface area contributed by atoms with Crippen LogP contribution in [0.15, 0.2) is 36.4 Å². The number of amides is 1. The van der Waals surface area contributed by atoms with E-state index >= 15 is 0 Å². The van der Waals surface area contributed by atoms with Gasteiger partial charge in [-0.25, -0.2) is 0 Å². The fourth-order valence-corrected chi connectivity index (χ4v) is 3.33. The summed E-state index contributed by atoms with van der Waals surface area (Å²) in [6.45, 7) is 10.9. The average Bonchev–Trinajstić information content (AvgIpc) is 2.74. The number of hydrogen-bond donors (Lipinski definition) is 1. The van der Waals surface area contributed by atoms with Gasteiger partial charge >= 0.3 is 0 Å². The molecule has 2 rings (SSSR count). The number of unbranched alkanes of at least 4 members (excludes halogenated alkanes) is 2. The van der Waals surface area contributed by atoms with Crippen molar-refractivity contribution in [3.05, 3.63) is 36.4 Å². The molecule has 2 atom stereocenters. The first-order chi connectivity index (χ1) is 13.9. The average molecular weight is 400 g/mol. The van der Waals surface area contributed by atoms with Gasteiger partial charge in [0.2, 0.25) is 0 Å². The summed E-state index contributed by atoms with van der Waals surface area (Å²) in [6, 6.07) is 11.9. The zero-order chi connectivity index (χ0) is 21.3. The van der Waals surface area contributed by atoms with Crippen LogP contribution in [0.25, 0.3) is 10.8 Å². The van der Waals surface area contributed by atoms with Gasteiger partial charge in [-0.3, -0.25) is 4.79 Å². The van der Waals surface area contributed by atoms with Crippen molar-refractivity contribution in [1.29, 1.82) is 0 Å². The predicted octanol–water partition coefficient (Wildman–Crippen LogP) is 6.72. The van der Waals surface area contributed by atoms with Crippen LogP contribution in [0.3, 0.4) is 0 Å². The van der Waals surface area contributed by atoms with Crippen molar-refractivity contribution >= 4 is 22.4 Å². The van der Waals surface area contributed by atoms with E-state index in [0.29, 0.717) is 6.61 Å². The third kappa shape index (κ3) is 6.20. The highest BCUT2D eigenvalue weighted by atomic mass is 16.5. The molecule has 0 fully saturated rings. The minimum atomic E-state index is -0.821. The SMILES string of the molecule is CCCCC[C@@](C)(OCCC)C(=O)Nc1ccc(O[C@H](C)CC)c2ccccc12. The number of ether oxygens (including phenoxy) is 2. The number of fused-ring (bicyclic) bond motifs is 1. The summed E-state index contributed by atoms with van der Waals surface area (Å²) in [5, 5.41) is 5.12. The monoisotopic (exact) mass is 399 g/mol. The normalized spacial score (nSPS) is 14.4. The minimum absolute atomic E-state index is 0.0807. The molecule has 4 nitrogen and oxygen atoms in total. The highest BCUT2D eigenvalue weighted by molar-refractivity contribution is 6.06. The first kappa shape index (κ1) is 23.2. The van der Waals surface area contributed by atoms with Gasteiger partial charge in [-0.05, 0) is 45.2 Å². The highest BCUT2D eigenvalue weighted by Gasteiger charge is 2.34. The zero-order valence-electron chi connectivity index (χ0n) is 18.7. The Hall–Kier alpha value is -2.07. The molecule has 1 amide bonds. The van der Waals surface area contributed by atoms with Gasteiger partial charge in [0.1, 0.15) is 11.4 Å². The summed E-state index contributed by atoms with van der Waals surface area (Å²) in [5.74, 6) is 0.767. The third-order valence-corrected chi connectivity index (χ3v) is 5.40. The van der Waals surface area contributed by atoms with Crippen LogP contribution < -0.4 is 10.1 Å². The summed E-state index contributed by atoms with van der Waals surface area (Å²) >= 11 is 0. The second-order valence-corrected chi connectivity index (χ2v) is 7.98. The van der Waals surface area contributed by atoms with Crippen molar-refractivity contribution in [1.82, 2.24) is 0 Å². The molecule has 0 aromatic heterocycles. The number of rotatable bonds is 12. The summed E-state index contributed by atoms with van der Waals surface area (Å²) in [5.41, 5.74) is -0.0260. The Kier molecular flexibility index (Phi) is 8.97. The second-order valence-electron chi connectivity index (χ2n) is 7.98. The minimum Gasteiger partial charge on any atom is -0.490 e. The highest BCUT2D eigenvalue weighted by Crippen LogP contribution is 2.33. The van der Waals surface area contributed by atoms with Crippen LogP contribution in [0.1, 0.15) is 73.1 Å². The van der Waals surface area contributed by atoms with Gasteiger partial charge in [-0.15, -0.1) is 0 Å². The van der Waals surface area contributed by atoms with E-state index in [0.717, 1.165) is 60.7 Å². The lowest BCUT2D eigenvalue weighted by Gasteiger charge is -2.29. The number of carbonyl (C=O) groups excluding carboxylic acids is 1. The molecule has 2 aromatic rings. The van der Waals surface area contributed by atoms with Gasteiger partial charge < -0.3 is 14.8 Å². The van der Waals surface area contributed by atoms with Crippen LogP contribution in [0.5, 0.6) is 5.75 Å². The van der Waals surface area contributed by atoms with Gasteiger partial charge in [0.05, 0.1) is 6.10 Å². The Morgan fingerprint density at radius 2 is 1.76 bits per heavy atom. The molecule has 29 heavy (non-hydrogen) atoms. The second kappa shape index (κ2) is 11.2. The fraction of sp³-hybridized carbons (Fsp3) is 0.560. The molecular weight excluding hydrogens is 362 g/mol. The topological polar surface area (TPSA) is 47.6 Å². The lowest BCUT2D eigenvalue weighted by molar-refractivity contribution is -0.140. The van der Waals surface area contributed by atoms with Gasteiger partial charge in [0, 0.05) is 23.1 Å². The van der Waals surface area contributed by atoms with Crippen LogP contribution in [0.4, 0.5) is 5.69 Å². The number of anilines is 1. The third-order valence-electron chi connectivity index (χ3n) is 5.40. The Labute approximate surface area is 176 Å². The molecule has 1 N–H and O–H groups in total. The first-order valence-electron chi connectivity index (χ1n) is 11.1. The van der Waals surface area contributed by atoms with Crippen molar-refractivity contribution < 1.29 is 14.3 Å². The van der Waals surface area contributed by atoms with Gasteiger partial charge in [0.15, 0.2) is 0 Å². The number of benzene rings is 2. The van der Waals surface area contributed by atoms with Gasteiger partial charge in [-0.1, -0.05) is 64.3 Å². The fourth-order valence-electron chi connectivity index (χ4n) is 3.33. The van der Waals surface area contributed by atoms with Crippen molar-refractivity contribution in [3.8, 4) is 5.75 Å². The largest absolute Gasteiger partial charge is 0.490 e. The molecule has 4 heteroatoms. The van der Waals surface area contributed by atoms with E-state index in [-0.39, 0.29) is 12.0 Å². The van der Waals surface area contributed by atoms with Crippen molar-refractivity contribution in [2.45, 2.75) is 84.8 Å². The van der Waals surface area contributed by atoms with Crippen LogP contribution in [0.2, 0.25) is 0 Å². The van der Waals surface area contributed by atoms with E-state index < -0.39 is 5.60 Å². The lowest BCUT2D eigenvalue weighted by atomic mass is 9.96. The van der Waals surface area contributed by atoms with E-state index in [4.69, 9.17) is 9.47 Å². The van der Waals surface area contributed by atoms with Crippen LogP contribution in [0, 0.1) is 0 Å². The van der Waals surface area contributed by atoms with E-state index in [1.807, 2.05) is 43.3 Å². The summed E-state index contributed by atoms with van der Waals surface area (Å²) < 4.78 is 12.1. The van der Waals surface area contributed by atoms with Gasteiger partial charge in [0.25, 0.3) is 5.91 Å². The van der Waals surface area contributed by atoms with E-state index in [9.17, 15) is 4.79 Å². The van der Waals surface area contributed by atoms with E-state index in [1.165, 1.54) is 0 Å². The summed E-state index contributed by atoms with van der Waals surface area (Å²) in [4.78, 5) is 13.2. The summed E-state index contributed by atoms with van der Waals surface area (Å²) in [7, 11) is 0. The Bertz CT molecular complexity index is 789. The van der Waals surface area contributed by atoms with E-state index in [2.05, 4.69) is 33.0 Å². The molecule has 0 bridgehead atoms. The Morgan fingerprint density at radius 3 is 2.41 bits per heavy atom. The Balaban J connectivity index is 2.29. The first-order valence-corrected chi connectivity index (χ1v) is 11.1. The Morgan fingerprint density at radius 1 is 1.03 bits per heavy atom. The molecule has 2 aromatic carbocycles. The number of nitrogens with one attached hydrogen (secondary N) is 1. The molecule has 0 saturated carbocycles.